The summed E-state index contributed by atoms with van der Waals surface area (Å²) < 4.78 is 47.5. The maximum atomic E-state index is 12.5. The first kappa shape index (κ1) is 12.0. The van der Waals surface area contributed by atoms with E-state index in [1.807, 2.05) is 0 Å². The highest BCUT2D eigenvalue weighted by Crippen LogP contribution is 2.42. The van der Waals surface area contributed by atoms with Gasteiger partial charge >= 0.3 is 0 Å². The minimum atomic E-state index is -4.17. The lowest BCUT2D eigenvalue weighted by Crippen LogP contribution is -2.02. The zero-order valence-electron chi connectivity index (χ0n) is 7.48. The SMILES string of the molecule is O=P(O)(C=C(F)C(F)F)c1ccccc1. The van der Waals surface area contributed by atoms with E-state index in [9.17, 15) is 22.6 Å². The van der Waals surface area contributed by atoms with Crippen molar-refractivity contribution in [2.24, 2.45) is 0 Å². The molecule has 1 unspecified atom stereocenters. The Morgan fingerprint density at radius 2 is 1.87 bits per heavy atom. The van der Waals surface area contributed by atoms with Gasteiger partial charge in [0.15, 0.2) is 5.83 Å². The summed E-state index contributed by atoms with van der Waals surface area (Å²) in [4.78, 5) is 9.31. The van der Waals surface area contributed by atoms with E-state index in [1.165, 1.54) is 24.3 Å². The highest BCUT2D eigenvalue weighted by molar-refractivity contribution is 7.69. The quantitative estimate of drug-likeness (QED) is 0.819. The molecule has 15 heavy (non-hydrogen) atoms. The Labute approximate surface area is 84.5 Å². The van der Waals surface area contributed by atoms with Crippen LogP contribution < -0.4 is 5.30 Å². The molecule has 1 rings (SSSR count). The normalized spacial score (nSPS) is 16.5. The summed E-state index contributed by atoms with van der Waals surface area (Å²) in [5.74, 6) is -1.81. The Morgan fingerprint density at radius 1 is 1.33 bits per heavy atom. The van der Waals surface area contributed by atoms with Gasteiger partial charge in [0, 0.05) is 11.1 Å². The van der Waals surface area contributed by atoms with Gasteiger partial charge in [-0.3, -0.25) is 4.57 Å². The molecule has 0 heterocycles. The predicted octanol–water partition coefficient (Wildman–Crippen LogP) is 2.66. The summed E-state index contributed by atoms with van der Waals surface area (Å²) in [6.45, 7) is 0. The summed E-state index contributed by atoms with van der Waals surface area (Å²) in [5, 5.41) is -0.0826. The fourth-order valence-electron chi connectivity index (χ4n) is 0.940. The molecule has 0 saturated heterocycles. The Kier molecular flexibility index (Phi) is 3.72. The molecule has 1 N–H and O–H groups in total. The van der Waals surface area contributed by atoms with Crippen LogP contribution in [0.3, 0.4) is 0 Å². The summed E-state index contributed by atoms with van der Waals surface area (Å²) in [6.07, 6.45) is -3.37. The molecule has 0 spiro atoms. The van der Waals surface area contributed by atoms with Gasteiger partial charge < -0.3 is 4.89 Å². The molecule has 0 saturated carbocycles. The molecule has 0 fully saturated rings. The highest BCUT2D eigenvalue weighted by Gasteiger charge is 2.22. The van der Waals surface area contributed by atoms with Crippen molar-refractivity contribution in [2.75, 3.05) is 0 Å². The molecule has 1 aromatic rings. The second-order valence-corrected chi connectivity index (χ2v) is 4.79. The molecule has 2 nitrogen and oxygen atoms in total. The van der Waals surface area contributed by atoms with E-state index in [0.29, 0.717) is 0 Å². The lowest BCUT2D eigenvalue weighted by atomic mass is 10.4. The standard InChI is InChI=1S/C9H8F3O2P/c10-8(9(11)12)6-15(13,14)7-4-2-1-3-5-7/h1-6,9H,(H,13,14). The fraction of sp³-hybridized carbons (Fsp3) is 0.111. The van der Waals surface area contributed by atoms with Crippen LogP contribution in [0.15, 0.2) is 42.0 Å². The zero-order chi connectivity index (χ0) is 11.5. The molecule has 82 valence electrons. The third-order valence-electron chi connectivity index (χ3n) is 1.63. The van der Waals surface area contributed by atoms with Crippen molar-refractivity contribution in [2.45, 2.75) is 6.43 Å². The van der Waals surface area contributed by atoms with E-state index >= 15 is 0 Å². The van der Waals surface area contributed by atoms with Gasteiger partial charge in [-0.1, -0.05) is 18.2 Å². The van der Waals surface area contributed by atoms with Gasteiger partial charge in [-0.25, -0.2) is 13.2 Å². The van der Waals surface area contributed by atoms with Crippen LogP contribution in [0.5, 0.6) is 0 Å². The van der Waals surface area contributed by atoms with Crippen LogP contribution in [0.4, 0.5) is 13.2 Å². The van der Waals surface area contributed by atoms with Crippen LogP contribution in [0.1, 0.15) is 0 Å². The second-order valence-electron chi connectivity index (χ2n) is 2.77. The van der Waals surface area contributed by atoms with Crippen molar-refractivity contribution >= 4 is 12.7 Å². The van der Waals surface area contributed by atoms with Crippen LogP contribution in [-0.4, -0.2) is 11.3 Å². The summed E-state index contributed by atoms with van der Waals surface area (Å²) in [7, 11) is -4.17. The maximum absolute atomic E-state index is 12.5. The first-order chi connectivity index (χ1) is 6.93. The zero-order valence-corrected chi connectivity index (χ0v) is 8.37. The summed E-state index contributed by atoms with van der Waals surface area (Å²) >= 11 is 0. The van der Waals surface area contributed by atoms with Crippen LogP contribution in [0.25, 0.3) is 0 Å². The number of hydrogen-bond donors (Lipinski definition) is 1. The van der Waals surface area contributed by atoms with E-state index in [-0.39, 0.29) is 11.1 Å². The van der Waals surface area contributed by atoms with Crippen molar-refractivity contribution in [1.29, 1.82) is 0 Å². The van der Waals surface area contributed by atoms with Crippen molar-refractivity contribution in [3.05, 3.63) is 42.0 Å². The lowest BCUT2D eigenvalue weighted by Gasteiger charge is -2.06. The van der Waals surface area contributed by atoms with Gasteiger partial charge in [0.2, 0.25) is 0 Å². The maximum Gasteiger partial charge on any atom is 0.289 e. The first-order valence-electron chi connectivity index (χ1n) is 3.98. The van der Waals surface area contributed by atoms with Gasteiger partial charge in [-0.05, 0) is 12.1 Å². The number of hydrogen-bond acceptors (Lipinski definition) is 1. The predicted molar refractivity (Wildman–Crippen MR) is 51.1 cm³/mol. The molecule has 0 aliphatic rings. The molecule has 0 aliphatic heterocycles. The topological polar surface area (TPSA) is 37.3 Å². The Hall–Kier alpha value is -1.06. The van der Waals surface area contributed by atoms with E-state index < -0.39 is 19.6 Å². The Balaban J connectivity index is 3.05. The van der Waals surface area contributed by atoms with E-state index in [4.69, 9.17) is 0 Å². The lowest BCUT2D eigenvalue weighted by molar-refractivity contribution is 0.159. The minimum Gasteiger partial charge on any atom is -0.338 e. The molecular formula is C9H8F3O2P. The number of rotatable bonds is 3. The molecule has 1 aromatic carbocycles. The summed E-state index contributed by atoms with van der Waals surface area (Å²) in [5.41, 5.74) is 0. The molecule has 6 heteroatoms. The third kappa shape index (κ3) is 3.22. The van der Waals surface area contributed by atoms with Crippen molar-refractivity contribution in [1.82, 2.24) is 0 Å². The Bertz CT molecular complexity index is 403. The largest absolute Gasteiger partial charge is 0.338 e. The van der Waals surface area contributed by atoms with Gasteiger partial charge in [0.25, 0.3) is 13.8 Å². The summed E-state index contributed by atoms with van der Waals surface area (Å²) in [6, 6.07) is 7.07. The number of allylic oxidation sites excluding steroid dienone is 1. The molecular weight excluding hydrogens is 228 g/mol. The van der Waals surface area contributed by atoms with Gasteiger partial charge in [0.1, 0.15) is 0 Å². The van der Waals surface area contributed by atoms with Crippen molar-refractivity contribution in [3.63, 3.8) is 0 Å². The number of halogens is 3. The smallest absolute Gasteiger partial charge is 0.289 e. The minimum absolute atomic E-state index is 0.0764. The molecule has 0 aliphatic carbocycles. The van der Waals surface area contributed by atoms with E-state index in [0.717, 1.165) is 0 Å². The molecule has 0 amide bonds. The monoisotopic (exact) mass is 236 g/mol. The molecule has 0 radical (unpaired) electrons. The van der Waals surface area contributed by atoms with Gasteiger partial charge in [0.05, 0.1) is 0 Å². The van der Waals surface area contributed by atoms with Gasteiger partial charge in [-0.2, -0.15) is 0 Å². The third-order valence-corrected chi connectivity index (χ3v) is 3.27. The molecule has 1 atom stereocenters. The first-order valence-corrected chi connectivity index (χ1v) is 5.71. The van der Waals surface area contributed by atoms with Crippen molar-refractivity contribution in [3.8, 4) is 0 Å². The highest BCUT2D eigenvalue weighted by atomic mass is 31.2. The number of benzene rings is 1. The van der Waals surface area contributed by atoms with Crippen LogP contribution in [0, 0.1) is 0 Å². The van der Waals surface area contributed by atoms with Crippen molar-refractivity contribution < 1.29 is 22.6 Å². The average molecular weight is 236 g/mol. The van der Waals surface area contributed by atoms with E-state index in [2.05, 4.69) is 0 Å². The molecule has 0 aromatic heterocycles. The van der Waals surface area contributed by atoms with Gasteiger partial charge in [-0.15, -0.1) is 0 Å². The number of alkyl halides is 2. The molecule has 0 bridgehead atoms. The van der Waals surface area contributed by atoms with Crippen LogP contribution >= 0.6 is 7.37 Å². The van der Waals surface area contributed by atoms with Crippen LogP contribution in [0.2, 0.25) is 0 Å². The van der Waals surface area contributed by atoms with E-state index in [1.54, 1.807) is 6.07 Å². The Morgan fingerprint density at radius 3 is 2.33 bits per heavy atom. The average Bonchev–Trinajstić information content (AvgIpc) is 2.18. The van der Waals surface area contributed by atoms with Crippen LogP contribution in [-0.2, 0) is 4.57 Å². The second kappa shape index (κ2) is 4.64. The fourth-order valence-corrected chi connectivity index (χ4v) is 2.14.